The lowest BCUT2D eigenvalue weighted by molar-refractivity contribution is 0.574. The Hall–Kier alpha value is -1.72. The summed E-state index contributed by atoms with van der Waals surface area (Å²) in [6, 6.07) is 8.96. The lowest BCUT2D eigenvalue weighted by atomic mass is 10.1. The van der Waals surface area contributed by atoms with Gasteiger partial charge in [0, 0.05) is 35.6 Å². The summed E-state index contributed by atoms with van der Waals surface area (Å²) >= 11 is 1.88. The first-order valence-corrected chi connectivity index (χ1v) is 8.02. The van der Waals surface area contributed by atoms with Crippen LogP contribution in [-0.2, 0) is 13.5 Å². The van der Waals surface area contributed by atoms with Crippen LogP contribution in [0.5, 0.6) is 0 Å². The molecule has 1 atom stereocenters. The minimum atomic E-state index is 0.353. The lowest BCUT2D eigenvalue weighted by Gasteiger charge is -2.12. The first kappa shape index (κ1) is 14.2. The number of nitrogens with zero attached hydrogens (tertiary/aromatic N) is 3. The monoisotopic (exact) mass is 300 g/mol. The van der Waals surface area contributed by atoms with Gasteiger partial charge < -0.3 is 5.32 Å². The standard InChI is InChI=1S/C16H20N4S/c1-11-13-6-4-5-7-14(13)21-16(11)12(2)17-9-8-15-18-10-20(3)19-15/h4-7,10,12,17H,8-9H2,1-3H3. The number of rotatable bonds is 5. The molecule has 4 nitrogen and oxygen atoms in total. The van der Waals surface area contributed by atoms with Crippen molar-refractivity contribution in [3.8, 4) is 0 Å². The Morgan fingerprint density at radius 3 is 2.86 bits per heavy atom. The lowest BCUT2D eigenvalue weighted by Crippen LogP contribution is -2.21. The van der Waals surface area contributed by atoms with Crippen molar-refractivity contribution in [3.63, 3.8) is 0 Å². The molecule has 0 spiro atoms. The molecule has 2 aromatic heterocycles. The number of aromatic nitrogens is 3. The summed E-state index contributed by atoms with van der Waals surface area (Å²) < 4.78 is 3.11. The van der Waals surface area contributed by atoms with Crippen LogP contribution in [-0.4, -0.2) is 21.3 Å². The molecule has 5 heteroatoms. The van der Waals surface area contributed by atoms with E-state index in [4.69, 9.17) is 0 Å². The van der Waals surface area contributed by atoms with Crippen molar-refractivity contribution in [3.05, 3.63) is 46.9 Å². The van der Waals surface area contributed by atoms with E-state index in [0.29, 0.717) is 6.04 Å². The highest BCUT2D eigenvalue weighted by Crippen LogP contribution is 2.34. The fourth-order valence-corrected chi connectivity index (χ4v) is 3.84. The number of aryl methyl sites for hydroxylation is 2. The summed E-state index contributed by atoms with van der Waals surface area (Å²) in [4.78, 5) is 5.67. The number of benzene rings is 1. The highest BCUT2D eigenvalue weighted by atomic mass is 32.1. The topological polar surface area (TPSA) is 42.7 Å². The van der Waals surface area contributed by atoms with Gasteiger partial charge in [-0.25, -0.2) is 4.98 Å². The molecule has 1 unspecified atom stereocenters. The third kappa shape index (κ3) is 2.99. The maximum absolute atomic E-state index is 4.30. The molecule has 0 saturated carbocycles. The molecule has 0 aliphatic rings. The van der Waals surface area contributed by atoms with Gasteiger partial charge in [0.1, 0.15) is 6.33 Å². The summed E-state index contributed by atoms with van der Waals surface area (Å²) in [6.07, 6.45) is 2.60. The molecular formula is C16H20N4S. The summed E-state index contributed by atoms with van der Waals surface area (Å²) in [7, 11) is 1.90. The Balaban J connectivity index is 1.66. The van der Waals surface area contributed by atoms with E-state index < -0.39 is 0 Å². The predicted molar refractivity (Wildman–Crippen MR) is 87.7 cm³/mol. The Kier molecular flexibility index (Phi) is 4.03. The molecule has 110 valence electrons. The SMILES string of the molecule is Cc1c(C(C)NCCc2ncn(C)n2)sc2ccccc12. The van der Waals surface area contributed by atoms with Gasteiger partial charge in [0.05, 0.1) is 0 Å². The summed E-state index contributed by atoms with van der Waals surface area (Å²) in [5, 5.41) is 9.25. The maximum Gasteiger partial charge on any atom is 0.151 e. The third-order valence-electron chi connectivity index (χ3n) is 3.72. The largest absolute Gasteiger partial charge is 0.309 e. The van der Waals surface area contributed by atoms with Crippen LogP contribution in [0.15, 0.2) is 30.6 Å². The number of fused-ring (bicyclic) bond motifs is 1. The maximum atomic E-state index is 4.30. The summed E-state index contributed by atoms with van der Waals surface area (Å²) in [6.45, 7) is 5.33. The summed E-state index contributed by atoms with van der Waals surface area (Å²) in [5.41, 5.74) is 1.39. The van der Waals surface area contributed by atoms with Crippen molar-refractivity contribution in [2.24, 2.45) is 7.05 Å². The third-order valence-corrected chi connectivity index (χ3v) is 5.18. The Morgan fingerprint density at radius 2 is 2.14 bits per heavy atom. The van der Waals surface area contributed by atoms with Gasteiger partial charge in [0.25, 0.3) is 0 Å². The molecule has 0 fully saturated rings. The second kappa shape index (κ2) is 5.95. The number of thiophene rings is 1. The van der Waals surface area contributed by atoms with E-state index in [0.717, 1.165) is 18.8 Å². The molecular weight excluding hydrogens is 280 g/mol. The minimum Gasteiger partial charge on any atom is -0.309 e. The van der Waals surface area contributed by atoms with E-state index >= 15 is 0 Å². The molecule has 21 heavy (non-hydrogen) atoms. The van der Waals surface area contributed by atoms with Crippen LogP contribution in [0, 0.1) is 6.92 Å². The molecule has 1 N–H and O–H groups in total. The van der Waals surface area contributed by atoms with Crippen molar-refractivity contribution in [2.45, 2.75) is 26.3 Å². The second-order valence-electron chi connectivity index (χ2n) is 5.35. The van der Waals surface area contributed by atoms with Crippen LogP contribution in [0.25, 0.3) is 10.1 Å². The van der Waals surface area contributed by atoms with Crippen LogP contribution >= 0.6 is 11.3 Å². The second-order valence-corrected chi connectivity index (χ2v) is 6.43. The molecule has 0 amide bonds. The van der Waals surface area contributed by atoms with Gasteiger partial charge in [-0.05, 0) is 30.9 Å². The molecule has 0 radical (unpaired) electrons. The average molecular weight is 300 g/mol. The van der Waals surface area contributed by atoms with Gasteiger partial charge in [-0.2, -0.15) is 5.10 Å². The van der Waals surface area contributed by atoms with Crippen LogP contribution in [0.2, 0.25) is 0 Å². The fraction of sp³-hybridized carbons (Fsp3) is 0.375. The van der Waals surface area contributed by atoms with E-state index in [2.05, 4.69) is 53.5 Å². The zero-order valence-electron chi connectivity index (χ0n) is 12.6. The van der Waals surface area contributed by atoms with E-state index in [1.54, 1.807) is 11.0 Å². The fourth-order valence-electron chi connectivity index (χ4n) is 2.60. The Morgan fingerprint density at radius 1 is 1.33 bits per heavy atom. The van der Waals surface area contributed by atoms with E-state index in [1.165, 1.54) is 20.5 Å². The van der Waals surface area contributed by atoms with Crippen molar-refractivity contribution in [1.82, 2.24) is 20.1 Å². The van der Waals surface area contributed by atoms with Crippen molar-refractivity contribution < 1.29 is 0 Å². The zero-order valence-corrected chi connectivity index (χ0v) is 13.4. The normalized spacial score (nSPS) is 12.9. The van der Waals surface area contributed by atoms with Crippen LogP contribution in [0.4, 0.5) is 0 Å². The van der Waals surface area contributed by atoms with Crippen LogP contribution < -0.4 is 5.32 Å². The Labute approximate surface area is 128 Å². The zero-order chi connectivity index (χ0) is 14.8. The van der Waals surface area contributed by atoms with Crippen LogP contribution in [0.1, 0.15) is 29.2 Å². The minimum absolute atomic E-state index is 0.353. The smallest absolute Gasteiger partial charge is 0.151 e. The highest BCUT2D eigenvalue weighted by Gasteiger charge is 2.13. The van der Waals surface area contributed by atoms with Gasteiger partial charge in [0.15, 0.2) is 5.82 Å². The van der Waals surface area contributed by atoms with Gasteiger partial charge in [0.2, 0.25) is 0 Å². The van der Waals surface area contributed by atoms with Crippen molar-refractivity contribution in [1.29, 1.82) is 0 Å². The first-order chi connectivity index (χ1) is 10.1. The van der Waals surface area contributed by atoms with E-state index in [9.17, 15) is 0 Å². The number of hydrogen-bond acceptors (Lipinski definition) is 4. The molecule has 0 bridgehead atoms. The van der Waals surface area contributed by atoms with Gasteiger partial charge in [-0.3, -0.25) is 4.68 Å². The number of nitrogens with one attached hydrogen (secondary N) is 1. The van der Waals surface area contributed by atoms with E-state index in [-0.39, 0.29) is 0 Å². The molecule has 2 heterocycles. The van der Waals surface area contributed by atoms with E-state index in [1.807, 2.05) is 18.4 Å². The highest BCUT2D eigenvalue weighted by molar-refractivity contribution is 7.19. The van der Waals surface area contributed by atoms with Gasteiger partial charge in [-0.1, -0.05) is 18.2 Å². The molecule has 1 aromatic carbocycles. The molecule has 3 rings (SSSR count). The molecule has 0 aliphatic carbocycles. The van der Waals surface area contributed by atoms with Crippen molar-refractivity contribution in [2.75, 3.05) is 6.54 Å². The molecule has 0 aliphatic heterocycles. The number of hydrogen-bond donors (Lipinski definition) is 1. The molecule has 3 aromatic rings. The first-order valence-electron chi connectivity index (χ1n) is 7.21. The van der Waals surface area contributed by atoms with Gasteiger partial charge >= 0.3 is 0 Å². The predicted octanol–water partition coefficient (Wildman–Crippen LogP) is 3.23. The van der Waals surface area contributed by atoms with Crippen molar-refractivity contribution >= 4 is 21.4 Å². The Bertz CT molecular complexity index is 744. The van der Waals surface area contributed by atoms with Gasteiger partial charge in [-0.15, -0.1) is 11.3 Å². The molecule has 0 saturated heterocycles. The van der Waals surface area contributed by atoms with Crippen LogP contribution in [0.3, 0.4) is 0 Å². The average Bonchev–Trinajstić information content (AvgIpc) is 3.03. The summed E-state index contributed by atoms with van der Waals surface area (Å²) in [5.74, 6) is 0.894. The quantitative estimate of drug-likeness (QED) is 0.786.